The van der Waals surface area contributed by atoms with E-state index >= 15 is 0 Å². The number of rotatable bonds is 7. The number of hydrogen-bond donors (Lipinski definition) is 1. The maximum absolute atomic E-state index is 5.91. The van der Waals surface area contributed by atoms with Gasteiger partial charge in [0.1, 0.15) is 5.75 Å². The van der Waals surface area contributed by atoms with Gasteiger partial charge in [0.25, 0.3) is 0 Å². The second kappa shape index (κ2) is 12.4. The van der Waals surface area contributed by atoms with Crippen LogP contribution < -0.4 is 10.1 Å². The minimum Gasteiger partial charge on any atom is -0.496 e. The first-order chi connectivity index (χ1) is 14.3. The van der Waals surface area contributed by atoms with Crippen LogP contribution >= 0.6 is 12.2 Å². The SMILES string of the molecule is COc1ccccc1CN(CCN1CCOCC1)C(=S)NC1CCCCCCC1. The van der Waals surface area contributed by atoms with Crippen LogP contribution in [0, 0.1) is 0 Å². The molecule has 1 N–H and O–H groups in total. The molecule has 6 heteroatoms. The molecule has 0 spiro atoms. The zero-order chi connectivity index (χ0) is 20.3. The van der Waals surface area contributed by atoms with Gasteiger partial charge in [-0.3, -0.25) is 4.90 Å². The summed E-state index contributed by atoms with van der Waals surface area (Å²) < 4.78 is 11.1. The van der Waals surface area contributed by atoms with Crippen LogP contribution in [0.3, 0.4) is 0 Å². The molecule has 0 radical (unpaired) electrons. The topological polar surface area (TPSA) is 37.0 Å². The summed E-state index contributed by atoms with van der Waals surface area (Å²) in [5, 5.41) is 4.59. The number of methoxy groups -OCH3 is 1. The first kappa shape index (κ1) is 22.3. The molecule has 162 valence electrons. The highest BCUT2D eigenvalue weighted by Crippen LogP contribution is 2.21. The van der Waals surface area contributed by atoms with E-state index < -0.39 is 0 Å². The van der Waals surface area contributed by atoms with Gasteiger partial charge < -0.3 is 19.7 Å². The van der Waals surface area contributed by atoms with E-state index in [9.17, 15) is 0 Å². The zero-order valence-electron chi connectivity index (χ0n) is 17.9. The zero-order valence-corrected chi connectivity index (χ0v) is 18.7. The van der Waals surface area contributed by atoms with Gasteiger partial charge >= 0.3 is 0 Å². The predicted octanol–water partition coefficient (Wildman–Crippen LogP) is 3.82. The molecule has 3 rings (SSSR count). The van der Waals surface area contributed by atoms with Crippen molar-refractivity contribution in [3.05, 3.63) is 29.8 Å². The van der Waals surface area contributed by atoms with Crippen LogP contribution in [-0.4, -0.2) is 67.5 Å². The summed E-state index contributed by atoms with van der Waals surface area (Å²) in [4.78, 5) is 4.79. The number of benzene rings is 1. The Morgan fingerprint density at radius 3 is 2.55 bits per heavy atom. The van der Waals surface area contributed by atoms with Crippen molar-refractivity contribution in [2.75, 3.05) is 46.5 Å². The predicted molar refractivity (Wildman–Crippen MR) is 123 cm³/mol. The maximum Gasteiger partial charge on any atom is 0.169 e. The van der Waals surface area contributed by atoms with Crippen molar-refractivity contribution in [3.63, 3.8) is 0 Å². The van der Waals surface area contributed by atoms with E-state index in [0.717, 1.165) is 56.8 Å². The normalized spacial score (nSPS) is 19.2. The van der Waals surface area contributed by atoms with Crippen molar-refractivity contribution in [2.45, 2.75) is 57.5 Å². The van der Waals surface area contributed by atoms with Gasteiger partial charge in [0.05, 0.1) is 20.3 Å². The Morgan fingerprint density at radius 1 is 1.14 bits per heavy atom. The first-order valence-corrected chi connectivity index (χ1v) is 11.6. The van der Waals surface area contributed by atoms with Gasteiger partial charge in [-0.25, -0.2) is 0 Å². The molecule has 0 aromatic heterocycles. The lowest BCUT2D eigenvalue weighted by Crippen LogP contribution is -2.48. The highest BCUT2D eigenvalue weighted by molar-refractivity contribution is 7.80. The minimum atomic E-state index is 0.506. The summed E-state index contributed by atoms with van der Waals surface area (Å²) in [6.07, 6.45) is 9.16. The highest BCUT2D eigenvalue weighted by atomic mass is 32.1. The highest BCUT2D eigenvalue weighted by Gasteiger charge is 2.19. The number of para-hydroxylation sites is 1. The van der Waals surface area contributed by atoms with Gasteiger partial charge in [-0.15, -0.1) is 0 Å². The van der Waals surface area contributed by atoms with Crippen LogP contribution in [0.5, 0.6) is 5.75 Å². The van der Waals surface area contributed by atoms with Gasteiger partial charge in [0, 0.05) is 44.3 Å². The fourth-order valence-corrected chi connectivity index (χ4v) is 4.57. The molecule has 2 aliphatic rings. The lowest BCUT2D eigenvalue weighted by molar-refractivity contribution is 0.0356. The second-order valence-corrected chi connectivity index (χ2v) is 8.57. The Balaban J connectivity index is 1.63. The molecule has 1 heterocycles. The van der Waals surface area contributed by atoms with E-state index in [4.69, 9.17) is 21.7 Å². The molecule has 2 fully saturated rings. The van der Waals surface area contributed by atoms with Crippen molar-refractivity contribution < 1.29 is 9.47 Å². The molecule has 0 unspecified atom stereocenters. The molecule has 1 aliphatic carbocycles. The van der Waals surface area contributed by atoms with E-state index in [1.807, 2.05) is 12.1 Å². The van der Waals surface area contributed by atoms with Gasteiger partial charge in [0.2, 0.25) is 0 Å². The van der Waals surface area contributed by atoms with Gasteiger partial charge in [-0.05, 0) is 31.1 Å². The standard InChI is InChI=1S/C23H37N3O2S/c1-27-22-12-8-7-9-20(22)19-26(14-13-25-15-17-28-18-16-25)23(29)24-21-10-5-3-2-4-6-11-21/h7-9,12,21H,2-6,10-11,13-19H2,1H3,(H,24,29). The Kier molecular flexibility index (Phi) is 9.51. The summed E-state index contributed by atoms with van der Waals surface area (Å²) in [6.45, 7) is 6.36. The average Bonchev–Trinajstić information content (AvgIpc) is 2.73. The van der Waals surface area contributed by atoms with Crippen LogP contribution in [0.4, 0.5) is 0 Å². The summed E-state index contributed by atoms with van der Waals surface area (Å²) in [5.41, 5.74) is 1.18. The molecular formula is C23H37N3O2S. The third-order valence-electron chi connectivity index (χ3n) is 6.06. The van der Waals surface area contributed by atoms with Crippen LogP contribution in [0.2, 0.25) is 0 Å². The van der Waals surface area contributed by atoms with Crippen molar-refractivity contribution in [3.8, 4) is 5.75 Å². The number of ether oxygens (including phenoxy) is 2. The Hall–Kier alpha value is -1.37. The molecule has 29 heavy (non-hydrogen) atoms. The molecule has 1 aromatic carbocycles. The Labute approximate surface area is 181 Å². The monoisotopic (exact) mass is 419 g/mol. The number of nitrogens with zero attached hydrogens (tertiary/aromatic N) is 2. The largest absolute Gasteiger partial charge is 0.496 e. The summed E-state index contributed by atoms with van der Waals surface area (Å²) >= 11 is 5.91. The van der Waals surface area contributed by atoms with Crippen LogP contribution in [0.25, 0.3) is 0 Å². The molecule has 1 aromatic rings. The quantitative estimate of drug-likeness (QED) is 0.677. The van der Waals surface area contributed by atoms with E-state index in [-0.39, 0.29) is 0 Å². The van der Waals surface area contributed by atoms with E-state index in [0.29, 0.717) is 6.04 Å². The molecular weight excluding hydrogens is 382 g/mol. The molecule has 1 aliphatic heterocycles. The molecule has 0 atom stereocenters. The van der Waals surface area contributed by atoms with Gasteiger partial charge in [-0.2, -0.15) is 0 Å². The number of morpholine rings is 1. The van der Waals surface area contributed by atoms with Crippen molar-refractivity contribution in [1.82, 2.24) is 15.1 Å². The average molecular weight is 420 g/mol. The summed E-state index contributed by atoms with van der Waals surface area (Å²) in [6, 6.07) is 8.76. The molecule has 5 nitrogen and oxygen atoms in total. The van der Waals surface area contributed by atoms with Crippen molar-refractivity contribution in [2.24, 2.45) is 0 Å². The Bertz CT molecular complexity index is 614. The molecule has 1 saturated heterocycles. The summed E-state index contributed by atoms with van der Waals surface area (Å²) in [5.74, 6) is 0.928. The molecule has 0 bridgehead atoms. The van der Waals surface area contributed by atoms with E-state index in [1.54, 1.807) is 7.11 Å². The first-order valence-electron chi connectivity index (χ1n) is 11.2. The molecule has 0 amide bonds. The number of nitrogens with one attached hydrogen (secondary N) is 1. The third kappa shape index (κ3) is 7.43. The smallest absolute Gasteiger partial charge is 0.169 e. The number of thiocarbonyl (C=S) groups is 1. The second-order valence-electron chi connectivity index (χ2n) is 8.18. The van der Waals surface area contributed by atoms with Crippen molar-refractivity contribution in [1.29, 1.82) is 0 Å². The Morgan fingerprint density at radius 2 is 1.83 bits per heavy atom. The number of hydrogen-bond acceptors (Lipinski definition) is 4. The van der Waals surface area contributed by atoms with E-state index in [1.165, 1.54) is 50.5 Å². The summed E-state index contributed by atoms with van der Waals surface area (Å²) in [7, 11) is 1.74. The fourth-order valence-electron chi connectivity index (χ4n) is 4.24. The van der Waals surface area contributed by atoms with Crippen molar-refractivity contribution >= 4 is 17.3 Å². The minimum absolute atomic E-state index is 0.506. The van der Waals surface area contributed by atoms with Crippen LogP contribution in [0.1, 0.15) is 50.5 Å². The van der Waals surface area contributed by atoms with E-state index in [2.05, 4.69) is 27.2 Å². The van der Waals surface area contributed by atoms with Crippen LogP contribution in [-0.2, 0) is 11.3 Å². The maximum atomic E-state index is 5.91. The van der Waals surface area contributed by atoms with Gasteiger partial charge in [-0.1, -0.05) is 50.3 Å². The third-order valence-corrected chi connectivity index (χ3v) is 6.44. The molecule has 1 saturated carbocycles. The fraction of sp³-hybridized carbons (Fsp3) is 0.696. The van der Waals surface area contributed by atoms with Crippen LogP contribution in [0.15, 0.2) is 24.3 Å². The lowest BCUT2D eigenvalue weighted by atomic mass is 9.97. The lowest BCUT2D eigenvalue weighted by Gasteiger charge is -2.33. The van der Waals surface area contributed by atoms with Gasteiger partial charge in [0.15, 0.2) is 5.11 Å².